The summed E-state index contributed by atoms with van der Waals surface area (Å²) >= 11 is 0. The highest BCUT2D eigenvalue weighted by Crippen LogP contribution is 2.39. The number of rotatable bonds is 1. The summed E-state index contributed by atoms with van der Waals surface area (Å²) in [7, 11) is 0. The molecule has 1 saturated carbocycles. The number of hydrogen-bond acceptors (Lipinski definition) is 0. The molecule has 0 nitrogen and oxygen atoms in total. The third kappa shape index (κ3) is 0.929. The Bertz CT molecular complexity index is 68.6. The van der Waals surface area contributed by atoms with Crippen LogP contribution in [0, 0.1) is 11.8 Å². The standard InChI is InChI=1S/C6H11F/c1-4(2)5-3-6(5)7/h4-6H,3H2,1-2H3/t5?,6-/m0/s1. The van der Waals surface area contributed by atoms with Crippen LogP contribution in [0.4, 0.5) is 4.39 Å². The van der Waals surface area contributed by atoms with Crippen LogP contribution in [0.25, 0.3) is 0 Å². The maximum Gasteiger partial charge on any atom is 0.104 e. The highest BCUT2D eigenvalue weighted by atomic mass is 19.1. The van der Waals surface area contributed by atoms with E-state index in [-0.39, 0.29) is 0 Å². The Morgan fingerprint density at radius 3 is 2.00 bits per heavy atom. The second-order valence-corrected chi connectivity index (χ2v) is 2.66. The first-order chi connectivity index (χ1) is 3.22. The first-order valence-electron chi connectivity index (χ1n) is 2.86. The highest BCUT2D eigenvalue weighted by Gasteiger charge is 2.39. The van der Waals surface area contributed by atoms with E-state index in [9.17, 15) is 4.39 Å². The lowest BCUT2D eigenvalue weighted by Crippen LogP contribution is -1.90. The van der Waals surface area contributed by atoms with Crippen LogP contribution in [0.1, 0.15) is 20.3 Å². The summed E-state index contributed by atoms with van der Waals surface area (Å²) in [6.07, 6.45) is 0.359. The maximum absolute atomic E-state index is 12.0. The van der Waals surface area contributed by atoms with Crippen LogP contribution in [0.2, 0.25) is 0 Å². The largest absolute Gasteiger partial charge is 0.247 e. The Morgan fingerprint density at radius 2 is 2.00 bits per heavy atom. The molecule has 0 aromatic carbocycles. The molecule has 0 spiro atoms. The van der Waals surface area contributed by atoms with E-state index in [0.29, 0.717) is 11.8 Å². The minimum Gasteiger partial charge on any atom is -0.247 e. The second-order valence-electron chi connectivity index (χ2n) is 2.66. The molecule has 1 fully saturated rings. The van der Waals surface area contributed by atoms with Gasteiger partial charge >= 0.3 is 0 Å². The van der Waals surface area contributed by atoms with Gasteiger partial charge in [0.1, 0.15) is 6.17 Å². The normalized spacial score (nSPS) is 39.4. The molecule has 1 aliphatic carbocycles. The van der Waals surface area contributed by atoms with Gasteiger partial charge in [0.25, 0.3) is 0 Å². The van der Waals surface area contributed by atoms with Gasteiger partial charge in [-0.1, -0.05) is 13.8 Å². The molecule has 0 radical (unpaired) electrons. The molecule has 0 bridgehead atoms. The van der Waals surface area contributed by atoms with Gasteiger partial charge in [-0.15, -0.1) is 0 Å². The fourth-order valence-corrected chi connectivity index (χ4v) is 0.871. The van der Waals surface area contributed by atoms with Crippen molar-refractivity contribution in [3.05, 3.63) is 0 Å². The van der Waals surface area contributed by atoms with E-state index >= 15 is 0 Å². The van der Waals surface area contributed by atoms with Crippen LogP contribution < -0.4 is 0 Å². The van der Waals surface area contributed by atoms with Gasteiger partial charge in [-0.25, -0.2) is 4.39 Å². The Labute approximate surface area is 43.7 Å². The molecule has 42 valence electrons. The summed E-state index contributed by atoms with van der Waals surface area (Å²) in [6, 6.07) is 0. The Kier molecular flexibility index (Phi) is 1.06. The predicted molar refractivity (Wildman–Crippen MR) is 27.8 cm³/mol. The average molecular weight is 102 g/mol. The van der Waals surface area contributed by atoms with Gasteiger partial charge < -0.3 is 0 Å². The van der Waals surface area contributed by atoms with E-state index in [1.807, 2.05) is 0 Å². The number of alkyl halides is 1. The molecule has 2 atom stereocenters. The average Bonchev–Trinajstić information content (AvgIpc) is 2.17. The van der Waals surface area contributed by atoms with Crippen molar-refractivity contribution in [2.45, 2.75) is 26.4 Å². The van der Waals surface area contributed by atoms with E-state index in [0.717, 1.165) is 6.42 Å². The molecule has 1 aliphatic rings. The van der Waals surface area contributed by atoms with Crippen LogP contribution in [-0.2, 0) is 0 Å². The molecule has 0 saturated heterocycles. The van der Waals surface area contributed by atoms with E-state index in [2.05, 4.69) is 13.8 Å². The van der Waals surface area contributed by atoms with Crippen LogP contribution in [0.5, 0.6) is 0 Å². The van der Waals surface area contributed by atoms with Gasteiger partial charge in [0.15, 0.2) is 0 Å². The lowest BCUT2D eigenvalue weighted by Gasteiger charge is -1.95. The first kappa shape index (κ1) is 5.07. The third-order valence-electron chi connectivity index (χ3n) is 1.62. The van der Waals surface area contributed by atoms with Gasteiger partial charge in [0, 0.05) is 0 Å². The molecular formula is C6H11F. The third-order valence-corrected chi connectivity index (χ3v) is 1.62. The molecule has 1 heteroatoms. The van der Waals surface area contributed by atoms with Crippen molar-refractivity contribution in [2.24, 2.45) is 11.8 Å². The SMILES string of the molecule is CC(C)C1C[C@@H]1F. The summed E-state index contributed by atoms with van der Waals surface area (Å²) in [5, 5.41) is 0. The summed E-state index contributed by atoms with van der Waals surface area (Å²) in [5.41, 5.74) is 0. The Hall–Kier alpha value is -0.0700. The predicted octanol–water partition coefficient (Wildman–Crippen LogP) is 2.00. The van der Waals surface area contributed by atoms with Crippen LogP contribution in [-0.4, -0.2) is 6.17 Å². The van der Waals surface area contributed by atoms with Crippen molar-refractivity contribution < 1.29 is 4.39 Å². The molecule has 7 heavy (non-hydrogen) atoms. The van der Waals surface area contributed by atoms with E-state index in [1.54, 1.807) is 0 Å². The summed E-state index contributed by atoms with van der Waals surface area (Å²) in [6.45, 7) is 4.15. The van der Waals surface area contributed by atoms with E-state index < -0.39 is 6.17 Å². The van der Waals surface area contributed by atoms with Crippen molar-refractivity contribution in [1.82, 2.24) is 0 Å². The lowest BCUT2D eigenvalue weighted by molar-refractivity contribution is 0.403. The van der Waals surface area contributed by atoms with Crippen molar-refractivity contribution >= 4 is 0 Å². The van der Waals surface area contributed by atoms with Crippen LogP contribution in [0.3, 0.4) is 0 Å². The number of halogens is 1. The zero-order valence-corrected chi connectivity index (χ0v) is 4.82. The fourth-order valence-electron chi connectivity index (χ4n) is 0.871. The van der Waals surface area contributed by atoms with E-state index in [4.69, 9.17) is 0 Å². The zero-order valence-electron chi connectivity index (χ0n) is 4.82. The van der Waals surface area contributed by atoms with Gasteiger partial charge in [0.2, 0.25) is 0 Å². The molecule has 1 rings (SSSR count). The topological polar surface area (TPSA) is 0 Å². The second kappa shape index (κ2) is 1.46. The minimum absolute atomic E-state index is 0.403. The van der Waals surface area contributed by atoms with E-state index in [1.165, 1.54) is 0 Å². The van der Waals surface area contributed by atoms with Crippen molar-refractivity contribution in [1.29, 1.82) is 0 Å². The molecular weight excluding hydrogens is 91.1 g/mol. The molecule has 0 aromatic heterocycles. The summed E-state index contributed by atoms with van der Waals surface area (Å²) < 4.78 is 12.0. The lowest BCUT2D eigenvalue weighted by atomic mass is 10.1. The van der Waals surface area contributed by atoms with Crippen molar-refractivity contribution in [3.8, 4) is 0 Å². The molecule has 0 N–H and O–H groups in total. The summed E-state index contributed by atoms with van der Waals surface area (Å²) in [5.74, 6) is 0.968. The minimum atomic E-state index is -0.458. The number of hydrogen-bond donors (Lipinski definition) is 0. The maximum atomic E-state index is 12.0. The monoisotopic (exact) mass is 102 g/mol. The first-order valence-corrected chi connectivity index (χ1v) is 2.86. The molecule has 1 unspecified atom stereocenters. The van der Waals surface area contributed by atoms with Crippen molar-refractivity contribution in [3.63, 3.8) is 0 Å². The van der Waals surface area contributed by atoms with Gasteiger partial charge in [-0.05, 0) is 18.3 Å². The van der Waals surface area contributed by atoms with Crippen molar-refractivity contribution in [2.75, 3.05) is 0 Å². The van der Waals surface area contributed by atoms with Gasteiger partial charge in [-0.3, -0.25) is 0 Å². The van der Waals surface area contributed by atoms with Crippen LogP contribution in [0.15, 0.2) is 0 Å². The molecule has 0 aromatic rings. The molecule has 0 aliphatic heterocycles. The molecule has 0 amide bonds. The quantitative estimate of drug-likeness (QED) is 0.475. The van der Waals surface area contributed by atoms with Gasteiger partial charge in [-0.2, -0.15) is 0 Å². The van der Waals surface area contributed by atoms with Crippen LogP contribution >= 0.6 is 0 Å². The molecule has 0 heterocycles. The highest BCUT2D eigenvalue weighted by molar-refractivity contribution is 4.87. The smallest absolute Gasteiger partial charge is 0.104 e. The summed E-state index contributed by atoms with van der Waals surface area (Å²) in [4.78, 5) is 0. The zero-order chi connectivity index (χ0) is 5.44. The Balaban J connectivity index is 2.20. The fraction of sp³-hybridized carbons (Fsp3) is 1.00. The Morgan fingerprint density at radius 1 is 1.57 bits per heavy atom. The van der Waals surface area contributed by atoms with Gasteiger partial charge in [0.05, 0.1) is 0 Å².